The first kappa shape index (κ1) is 15.0. The van der Waals surface area contributed by atoms with Crippen LogP contribution in [0, 0.1) is 13.8 Å². The first-order valence-corrected chi connectivity index (χ1v) is 6.72. The molecule has 6 nitrogen and oxygen atoms in total. The van der Waals surface area contributed by atoms with Crippen LogP contribution in [0.1, 0.15) is 25.0 Å². The molecule has 1 aliphatic heterocycles. The Hall–Kier alpha value is -2.37. The first-order valence-electron chi connectivity index (χ1n) is 6.72. The van der Waals surface area contributed by atoms with Crippen LogP contribution in [0.4, 0.5) is 10.5 Å². The average Bonchev–Trinajstić information content (AvgIpc) is 2.56. The van der Waals surface area contributed by atoms with Crippen molar-refractivity contribution < 1.29 is 14.4 Å². The number of hydrogen-bond donors (Lipinski definition) is 2. The van der Waals surface area contributed by atoms with Gasteiger partial charge in [-0.25, -0.2) is 4.79 Å². The van der Waals surface area contributed by atoms with Crippen molar-refractivity contribution >= 4 is 23.5 Å². The molecular formula is C15H19N3O3. The summed E-state index contributed by atoms with van der Waals surface area (Å²) >= 11 is 0. The van der Waals surface area contributed by atoms with Crippen molar-refractivity contribution in [3.8, 4) is 0 Å². The van der Waals surface area contributed by atoms with E-state index in [1.54, 1.807) is 19.9 Å². The molecule has 1 aromatic rings. The normalized spacial score (nSPS) is 16.9. The van der Waals surface area contributed by atoms with Gasteiger partial charge in [0, 0.05) is 5.69 Å². The molecule has 112 valence electrons. The molecule has 0 aromatic heterocycles. The molecule has 6 heteroatoms. The number of urea groups is 1. The number of nitrogens with zero attached hydrogens (tertiary/aromatic N) is 1. The second-order valence-corrected chi connectivity index (χ2v) is 5.79. The minimum Gasteiger partial charge on any atom is -0.325 e. The molecule has 0 spiro atoms. The number of carbonyl (C=O) groups is 3. The van der Waals surface area contributed by atoms with Gasteiger partial charge in [-0.05, 0) is 51.0 Å². The van der Waals surface area contributed by atoms with E-state index in [0.717, 1.165) is 16.0 Å². The SMILES string of the molecule is Cc1ccc(NC(=O)CN2C(=O)NC(C)(C)C2=O)cc1C. The van der Waals surface area contributed by atoms with Gasteiger partial charge in [0.2, 0.25) is 5.91 Å². The third-order valence-corrected chi connectivity index (χ3v) is 3.54. The Morgan fingerprint density at radius 1 is 1.24 bits per heavy atom. The van der Waals surface area contributed by atoms with Crippen molar-refractivity contribution in [2.45, 2.75) is 33.2 Å². The number of aryl methyl sites for hydroxylation is 2. The summed E-state index contributed by atoms with van der Waals surface area (Å²) in [6.07, 6.45) is 0. The Labute approximate surface area is 123 Å². The summed E-state index contributed by atoms with van der Waals surface area (Å²) in [5.74, 6) is -0.804. The molecule has 0 radical (unpaired) electrons. The van der Waals surface area contributed by atoms with Gasteiger partial charge < -0.3 is 10.6 Å². The van der Waals surface area contributed by atoms with Gasteiger partial charge in [0.05, 0.1) is 0 Å². The molecule has 1 heterocycles. The Bertz CT molecular complexity index is 623. The van der Waals surface area contributed by atoms with E-state index in [-0.39, 0.29) is 6.54 Å². The van der Waals surface area contributed by atoms with Crippen LogP contribution in [-0.4, -0.2) is 34.8 Å². The standard InChI is InChI=1S/C15H19N3O3/c1-9-5-6-11(7-10(9)2)16-12(19)8-18-13(20)15(3,4)17-14(18)21/h5-7H,8H2,1-4H3,(H,16,19)(H,17,21). The molecular weight excluding hydrogens is 270 g/mol. The van der Waals surface area contributed by atoms with Crippen LogP contribution in [0.5, 0.6) is 0 Å². The minimum atomic E-state index is -0.961. The monoisotopic (exact) mass is 289 g/mol. The Kier molecular flexibility index (Phi) is 3.72. The zero-order valence-corrected chi connectivity index (χ0v) is 12.6. The third-order valence-electron chi connectivity index (χ3n) is 3.54. The second kappa shape index (κ2) is 5.20. The minimum absolute atomic E-state index is 0.291. The van der Waals surface area contributed by atoms with Crippen LogP contribution >= 0.6 is 0 Å². The highest BCUT2D eigenvalue weighted by atomic mass is 16.2. The first-order chi connectivity index (χ1) is 9.70. The maximum absolute atomic E-state index is 12.0. The number of hydrogen-bond acceptors (Lipinski definition) is 3. The van der Waals surface area contributed by atoms with Gasteiger partial charge in [0.15, 0.2) is 0 Å². The average molecular weight is 289 g/mol. The smallest absolute Gasteiger partial charge is 0.325 e. The van der Waals surface area contributed by atoms with Gasteiger partial charge >= 0.3 is 6.03 Å². The fraction of sp³-hybridized carbons (Fsp3) is 0.400. The van der Waals surface area contributed by atoms with Gasteiger partial charge in [0.1, 0.15) is 12.1 Å². The van der Waals surface area contributed by atoms with Gasteiger partial charge in [-0.1, -0.05) is 6.07 Å². The highest BCUT2D eigenvalue weighted by molar-refractivity contribution is 6.09. The van der Waals surface area contributed by atoms with Gasteiger partial charge in [-0.15, -0.1) is 0 Å². The van der Waals surface area contributed by atoms with Crippen LogP contribution in [0.15, 0.2) is 18.2 Å². The molecule has 2 N–H and O–H groups in total. The topological polar surface area (TPSA) is 78.5 Å². The molecule has 0 aliphatic carbocycles. The number of anilines is 1. The predicted octanol–water partition coefficient (Wildman–Crippen LogP) is 1.57. The summed E-state index contributed by atoms with van der Waals surface area (Å²) in [6, 6.07) is 5.00. The molecule has 0 bridgehead atoms. The summed E-state index contributed by atoms with van der Waals surface area (Å²) in [4.78, 5) is 36.6. The molecule has 0 saturated carbocycles. The van der Waals surface area contributed by atoms with E-state index in [2.05, 4.69) is 10.6 Å². The van der Waals surface area contributed by atoms with Crippen LogP contribution in [0.3, 0.4) is 0 Å². The van der Waals surface area contributed by atoms with Gasteiger partial charge in [0.25, 0.3) is 5.91 Å². The van der Waals surface area contributed by atoms with E-state index in [9.17, 15) is 14.4 Å². The lowest BCUT2D eigenvalue weighted by molar-refractivity contribution is -0.132. The van der Waals surface area contributed by atoms with Gasteiger partial charge in [-0.3, -0.25) is 14.5 Å². The molecule has 0 atom stereocenters. The van der Waals surface area contributed by atoms with Gasteiger partial charge in [-0.2, -0.15) is 0 Å². The summed E-state index contributed by atoms with van der Waals surface area (Å²) in [5, 5.41) is 5.23. The number of rotatable bonds is 3. The number of nitrogens with one attached hydrogen (secondary N) is 2. The van der Waals surface area contributed by atoms with E-state index in [1.807, 2.05) is 26.0 Å². The molecule has 21 heavy (non-hydrogen) atoms. The van der Waals surface area contributed by atoms with Crippen LogP contribution in [0.2, 0.25) is 0 Å². The lowest BCUT2D eigenvalue weighted by Gasteiger charge is -2.16. The van der Waals surface area contributed by atoms with Crippen molar-refractivity contribution in [2.75, 3.05) is 11.9 Å². The third kappa shape index (κ3) is 3.04. The van der Waals surface area contributed by atoms with E-state index in [1.165, 1.54) is 0 Å². The highest BCUT2D eigenvalue weighted by Crippen LogP contribution is 2.17. The van der Waals surface area contributed by atoms with E-state index < -0.39 is 23.4 Å². The van der Waals surface area contributed by atoms with Crippen molar-refractivity contribution in [2.24, 2.45) is 0 Å². The number of benzene rings is 1. The van der Waals surface area contributed by atoms with E-state index in [0.29, 0.717) is 5.69 Å². The summed E-state index contributed by atoms with van der Waals surface area (Å²) < 4.78 is 0. The van der Waals surface area contributed by atoms with Crippen molar-refractivity contribution in [1.82, 2.24) is 10.2 Å². The highest BCUT2D eigenvalue weighted by Gasteiger charge is 2.44. The van der Waals surface area contributed by atoms with Crippen LogP contribution in [0.25, 0.3) is 0 Å². The predicted molar refractivity (Wildman–Crippen MR) is 78.9 cm³/mol. The summed E-state index contributed by atoms with van der Waals surface area (Å²) in [6.45, 7) is 6.85. The number of carbonyl (C=O) groups excluding carboxylic acids is 3. The van der Waals surface area contributed by atoms with Crippen LogP contribution < -0.4 is 10.6 Å². The molecule has 1 aliphatic rings. The molecule has 1 fully saturated rings. The second-order valence-electron chi connectivity index (χ2n) is 5.79. The van der Waals surface area contributed by atoms with Crippen molar-refractivity contribution in [3.63, 3.8) is 0 Å². The quantitative estimate of drug-likeness (QED) is 0.829. The molecule has 1 saturated heterocycles. The number of amides is 4. The maximum atomic E-state index is 12.0. The van der Waals surface area contributed by atoms with Crippen LogP contribution in [-0.2, 0) is 9.59 Å². The summed E-state index contributed by atoms with van der Waals surface area (Å²) in [7, 11) is 0. The molecule has 2 rings (SSSR count). The molecule has 4 amide bonds. The largest absolute Gasteiger partial charge is 0.325 e. The zero-order chi connectivity index (χ0) is 15.8. The fourth-order valence-electron chi connectivity index (χ4n) is 2.12. The Morgan fingerprint density at radius 3 is 2.43 bits per heavy atom. The van der Waals surface area contributed by atoms with E-state index >= 15 is 0 Å². The molecule has 0 unspecified atom stereocenters. The summed E-state index contributed by atoms with van der Waals surface area (Å²) in [5.41, 5.74) is 1.87. The Balaban J connectivity index is 2.04. The van der Waals surface area contributed by atoms with E-state index in [4.69, 9.17) is 0 Å². The zero-order valence-electron chi connectivity index (χ0n) is 12.6. The maximum Gasteiger partial charge on any atom is 0.325 e. The lowest BCUT2D eigenvalue weighted by Crippen LogP contribution is -2.41. The lowest BCUT2D eigenvalue weighted by atomic mass is 10.1. The fourth-order valence-corrected chi connectivity index (χ4v) is 2.12. The van der Waals surface area contributed by atoms with Crippen molar-refractivity contribution in [1.29, 1.82) is 0 Å². The van der Waals surface area contributed by atoms with Crippen molar-refractivity contribution in [3.05, 3.63) is 29.3 Å². The number of imide groups is 1. The Morgan fingerprint density at radius 2 is 1.90 bits per heavy atom. The molecule has 1 aromatic carbocycles.